The van der Waals surface area contributed by atoms with Crippen LogP contribution in [-0.2, 0) is 19.7 Å². The number of pyridine rings is 1. The van der Waals surface area contributed by atoms with Gasteiger partial charge in [-0.25, -0.2) is 0 Å². The summed E-state index contributed by atoms with van der Waals surface area (Å²) < 4.78 is 10.8. The molecule has 0 N–H and O–H groups in total. The Morgan fingerprint density at radius 3 is 2.37 bits per heavy atom. The van der Waals surface area contributed by atoms with Crippen LogP contribution < -0.4 is 34.7 Å². The van der Waals surface area contributed by atoms with Crippen molar-refractivity contribution in [2.75, 3.05) is 13.2 Å². The topological polar surface area (TPSA) is 71.5 Å². The maximum Gasteiger partial charge on any atom is 1.00 e. The van der Waals surface area contributed by atoms with Crippen LogP contribution in [0.2, 0.25) is 5.02 Å². The van der Waals surface area contributed by atoms with E-state index in [1.807, 2.05) is 0 Å². The average molecular weight is 294 g/mol. The molecule has 0 aromatic carbocycles. The van der Waals surface area contributed by atoms with Gasteiger partial charge in [-0.05, 0) is 26.0 Å². The molecule has 7 heteroatoms. The number of aliphatic carboxylic acids is 1. The van der Waals surface area contributed by atoms with Crippen LogP contribution in [0.4, 0.5) is 0 Å². The fourth-order valence-electron chi connectivity index (χ4n) is 1.71. The SMILES string of the molecule is CC1(C)OCC(C(=O)[O-])(c2ccc(Cl)cn2)CO1.[Na+]. The second kappa shape index (κ2) is 6.08. The molecule has 1 aliphatic rings. The Morgan fingerprint density at radius 2 is 1.95 bits per heavy atom. The molecule has 1 aromatic rings. The van der Waals surface area contributed by atoms with E-state index in [0.29, 0.717) is 10.7 Å². The number of carboxylic acid groups (broad SMARTS) is 1. The van der Waals surface area contributed by atoms with E-state index in [1.54, 1.807) is 26.0 Å². The fraction of sp³-hybridized carbons (Fsp3) is 0.500. The predicted octanol–water partition coefficient (Wildman–Crippen LogP) is -2.49. The molecule has 1 aliphatic heterocycles. The molecule has 0 aliphatic carbocycles. The maximum absolute atomic E-state index is 11.4. The summed E-state index contributed by atoms with van der Waals surface area (Å²) in [5.41, 5.74) is -1.07. The Bertz CT molecular complexity index is 453. The minimum absolute atomic E-state index is 0. The Labute approximate surface area is 138 Å². The summed E-state index contributed by atoms with van der Waals surface area (Å²) in [5, 5.41) is 11.9. The standard InChI is InChI=1S/C12H14ClNO4.Na/c1-11(2)17-6-12(7-18-11,10(15)16)9-4-3-8(13)5-14-9;/h3-5H,6-7H2,1-2H3,(H,15,16);/q;+1/p-1. The first-order chi connectivity index (χ1) is 8.36. The molecule has 0 radical (unpaired) electrons. The number of hydrogen-bond acceptors (Lipinski definition) is 5. The van der Waals surface area contributed by atoms with E-state index in [2.05, 4.69) is 4.98 Å². The Kier molecular flexibility index (Phi) is 5.40. The van der Waals surface area contributed by atoms with E-state index >= 15 is 0 Å². The number of hydrogen-bond donors (Lipinski definition) is 0. The molecule has 1 fully saturated rings. The quantitative estimate of drug-likeness (QED) is 0.564. The smallest absolute Gasteiger partial charge is 0.549 e. The van der Waals surface area contributed by atoms with Crippen LogP contribution in [0, 0.1) is 0 Å². The minimum atomic E-state index is -1.39. The summed E-state index contributed by atoms with van der Waals surface area (Å²) in [6.07, 6.45) is 1.39. The third-order valence-corrected chi connectivity index (χ3v) is 3.16. The molecule has 0 amide bonds. The van der Waals surface area contributed by atoms with Gasteiger partial charge in [0.2, 0.25) is 0 Å². The zero-order valence-corrected chi connectivity index (χ0v) is 13.9. The number of nitrogens with zero attached hydrogens (tertiary/aromatic N) is 1. The minimum Gasteiger partial charge on any atom is -0.549 e. The summed E-state index contributed by atoms with van der Waals surface area (Å²) in [5.74, 6) is -2.07. The van der Waals surface area contributed by atoms with Crippen molar-refractivity contribution in [2.24, 2.45) is 0 Å². The van der Waals surface area contributed by atoms with Gasteiger partial charge in [-0.1, -0.05) is 11.6 Å². The van der Waals surface area contributed by atoms with E-state index in [-0.39, 0.29) is 42.8 Å². The molecule has 0 atom stereocenters. The van der Waals surface area contributed by atoms with Gasteiger partial charge in [0.1, 0.15) is 0 Å². The average Bonchev–Trinajstić information content (AvgIpc) is 2.30. The van der Waals surface area contributed by atoms with Crippen molar-refractivity contribution in [1.82, 2.24) is 4.98 Å². The summed E-state index contributed by atoms with van der Waals surface area (Å²) in [4.78, 5) is 15.5. The Balaban J connectivity index is 0.00000180. The molecule has 0 bridgehead atoms. The van der Waals surface area contributed by atoms with Crippen molar-refractivity contribution in [1.29, 1.82) is 0 Å². The van der Waals surface area contributed by atoms with Crippen LogP contribution in [-0.4, -0.2) is 30.0 Å². The number of halogens is 1. The van der Waals surface area contributed by atoms with Crippen LogP contribution >= 0.6 is 11.6 Å². The summed E-state index contributed by atoms with van der Waals surface area (Å²) in [6.45, 7) is 3.36. The van der Waals surface area contributed by atoms with Crippen LogP contribution in [0.3, 0.4) is 0 Å². The fourth-order valence-corrected chi connectivity index (χ4v) is 1.82. The van der Waals surface area contributed by atoms with Crippen molar-refractivity contribution in [3.05, 3.63) is 29.0 Å². The van der Waals surface area contributed by atoms with Crippen molar-refractivity contribution < 1.29 is 48.9 Å². The van der Waals surface area contributed by atoms with Gasteiger partial charge in [-0.15, -0.1) is 0 Å². The van der Waals surface area contributed by atoms with Crippen LogP contribution in [0.25, 0.3) is 0 Å². The molecule has 2 rings (SSSR count). The van der Waals surface area contributed by atoms with E-state index < -0.39 is 17.2 Å². The summed E-state index contributed by atoms with van der Waals surface area (Å²) in [6, 6.07) is 3.12. The van der Waals surface area contributed by atoms with Crippen molar-refractivity contribution in [3.8, 4) is 0 Å². The zero-order valence-electron chi connectivity index (χ0n) is 11.1. The molecule has 5 nitrogen and oxygen atoms in total. The molecule has 1 aromatic heterocycles. The number of rotatable bonds is 2. The van der Waals surface area contributed by atoms with E-state index in [9.17, 15) is 9.90 Å². The molecule has 98 valence electrons. The first-order valence-electron chi connectivity index (χ1n) is 5.47. The monoisotopic (exact) mass is 293 g/mol. The van der Waals surface area contributed by atoms with E-state index in [0.717, 1.165) is 0 Å². The molecule has 1 saturated heterocycles. The number of carbonyl (C=O) groups is 1. The van der Waals surface area contributed by atoms with Crippen LogP contribution in [0.1, 0.15) is 19.5 Å². The molecule has 0 spiro atoms. The number of carbonyl (C=O) groups excluding carboxylic acids is 1. The van der Waals surface area contributed by atoms with Crippen molar-refractivity contribution in [2.45, 2.75) is 25.0 Å². The Hall–Kier alpha value is -0.170. The predicted molar refractivity (Wildman–Crippen MR) is 61.9 cm³/mol. The van der Waals surface area contributed by atoms with Gasteiger partial charge in [-0.3, -0.25) is 4.98 Å². The summed E-state index contributed by atoms with van der Waals surface area (Å²) in [7, 11) is 0. The normalized spacial score (nSPS) is 20.4. The molecule has 0 saturated carbocycles. The summed E-state index contributed by atoms with van der Waals surface area (Å²) >= 11 is 5.73. The van der Waals surface area contributed by atoms with Crippen LogP contribution in [0.5, 0.6) is 0 Å². The third kappa shape index (κ3) is 3.48. The maximum atomic E-state index is 11.4. The van der Waals surface area contributed by atoms with Gasteiger partial charge in [0.05, 0.1) is 35.3 Å². The van der Waals surface area contributed by atoms with Gasteiger partial charge < -0.3 is 19.4 Å². The van der Waals surface area contributed by atoms with Crippen molar-refractivity contribution in [3.63, 3.8) is 0 Å². The first kappa shape index (κ1) is 16.9. The van der Waals surface area contributed by atoms with Gasteiger partial charge in [0.25, 0.3) is 0 Å². The van der Waals surface area contributed by atoms with E-state index in [1.165, 1.54) is 6.20 Å². The number of carboxylic acids is 1. The van der Waals surface area contributed by atoms with Crippen molar-refractivity contribution >= 4 is 17.6 Å². The van der Waals surface area contributed by atoms with Gasteiger partial charge in [0.15, 0.2) is 5.79 Å². The zero-order chi connectivity index (χ0) is 13.4. The molecule has 2 heterocycles. The van der Waals surface area contributed by atoms with Gasteiger partial charge in [-0.2, -0.15) is 0 Å². The van der Waals surface area contributed by atoms with Crippen LogP contribution in [0.15, 0.2) is 18.3 Å². The molecular formula is C12H13ClNNaO4. The second-order valence-electron chi connectivity index (χ2n) is 4.71. The Morgan fingerprint density at radius 1 is 1.37 bits per heavy atom. The number of ether oxygens (including phenoxy) is 2. The van der Waals surface area contributed by atoms with Gasteiger partial charge >= 0.3 is 29.6 Å². The largest absolute Gasteiger partial charge is 1.00 e. The van der Waals surface area contributed by atoms with E-state index in [4.69, 9.17) is 21.1 Å². The number of aromatic nitrogens is 1. The molecule has 19 heavy (non-hydrogen) atoms. The molecule has 0 unspecified atom stereocenters. The third-order valence-electron chi connectivity index (χ3n) is 2.94. The first-order valence-corrected chi connectivity index (χ1v) is 5.85. The van der Waals surface area contributed by atoms with Gasteiger partial charge in [0, 0.05) is 6.20 Å². The molecular weight excluding hydrogens is 281 g/mol. The second-order valence-corrected chi connectivity index (χ2v) is 5.14.